The molecule has 2 nitrogen and oxygen atoms in total. The molecular formula is C17H21NO. The second-order valence-electron chi connectivity index (χ2n) is 5.15. The smallest absolute Gasteiger partial charge is 0.122 e. The van der Waals surface area contributed by atoms with Crippen LogP contribution in [0.25, 0.3) is 0 Å². The summed E-state index contributed by atoms with van der Waals surface area (Å²) in [6, 6.07) is 14.4. The monoisotopic (exact) mass is 255 g/mol. The van der Waals surface area contributed by atoms with E-state index in [-0.39, 0.29) is 0 Å². The van der Waals surface area contributed by atoms with Crippen LogP contribution in [0.15, 0.2) is 42.5 Å². The van der Waals surface area contributed by atoms with Crippen molar-refractivity contribution in [2.24, 2.45) is 0 Å². The number of nitrogens with two attached hydrogens (primary N) is 1. The van der Waals surface area contributed by atoms with Gasteiger partial charge in [0.15, 0.2) is 0 Å². The number of benzene rings is 2. The first-order chi connectivity index (χ1) is 9.10. The predicted octanol–water partition coefficient (Wildman–Crippen LogP) is 3.99. The van der Waals surface area contributed by atoms with Crippen molar-refractivity contribution in [3.8, 4) is 5.75 Å². The molecule has 2 rings (SSSR count). The van der Waals surface area contributed by atoms with Gasteiger partial charge >= 0.3 is 0 Å². The first-order valence-electron chi connectivity index (χ1n) is 6.61. The fourth-order valence-corrected chi connectivity index (χ4v) is 2.22. The van der Waals surface area contributed by atoms with Crippen LogP contribution in [0.2, 0.25) is 0 Å². The zero-order valence-corrected chi connectivity index (χ0v) is 11.8. The highest BCUT2D eigenvalue weighted by Gasteiger charge is 2.08. The largest absolute Gasteiger partial charge is 0.496 e. The van der Waals surface area contributed by atoms with Crippen LogP contribution < -0.4 is 10.5 Å². The first kappa shape index (κ1) is 13.5. The van der Waals surface area contributed by atoms with E-state index in [1.807, 2.05) is 18.2 Å². The normalized spacial score (nSPS) is 10.7. The molecule has 0 atom stereocenters. The SMILES string of the molecule is COc1ccc(C(C)C)cc1Cc1cccc(N)c1. The third-order valence-corrected chi connectivity index (χ3v) is 3.32. The van der Waals surface area contributed by atoms with E-state index in [1.165, 1.54) is 16.7 Å². The molecule has 19 heavy (non-hydrogen) atoms. The van der Waals surface area contributed by atoms with E-state index in [0.717, 1.165) is 17.9 Å². The zero-order valence-electron chi connectivity index (χ0n) is 11.8. The van der Waals surface area contributed by atoms with Crippen molar-refractivity contribution >= 4 is 5.69 Å². The van der Waals surface area contributed by atoms with Gasteiger partial charge in [-0.25, -0.2) is 0 Å². The molecule has 0 aliphatic heterocycles. The molecule has 0 aliphatic rings. The molecule has 0 unspecified atom stereocenters. The van der Waals surface area contributed by atoms with Gasteiger partial charge in [-0.05, 0) is 40.8 Å². The minimum Gasteiger partial charge on any atom is -0.496 e. The summed E-state index contributed by atoms with van der Waals surface area (Å²) in [6.07, 6.45) is 0.842. The molecule has 0 bridgehead atoms. The van der Waals surface area contributed by atoms with Crippen LogP contribution in [0.1, 0.15) is 36.5 Å². The average molecular weight is 255 g/mol. The first-order valence-corrected chi connectivity index (χ1v) is 6.61. The third-order valence-electron chi connectivity index (χ3n) is 3.32. The van der Waals surface area contributed by atoms with Crippen molar-refractivity contribution < 1.29 is 4.74 Å². The molecule has 2 heteroatoms. The van der Waals surface area contributed by atoms with Crippen LogP contribution in [0.3, 0.4) is 0 Å². The number of methoxy groups -OCH3 is 1. The van der Waals surface area contributed by atoms with Crippen LogP contribution in [0, 0.1) is 0 Å². The minimum atomic E-state index is 0.519. The van der Waals surface area contributed by atoms with Gasteiger partial charge in [0.2, 0.25) is 0 Å². The molecule has 100 valence electrons. The highest BCUT2D eigenvalue weighted by Crippen LogP contribution is 2.26. The quantitative estimate of drug-likeness (QED) is 0.838. The molecule has 0 heterocycles. The second kappa shape index (κ2) is 5.79. The van der Waals surface area contributed by atoms with E-state index < -0.39 is 0 Å². The summed E-state index contributed by atoms with van der Waals surface area (Å²) in [5, 5.41) is 0. The summed E-state index contributed by atoms with van der Waals surface area (Å²) in [7, 11) is 1.72. The van der Waals surface area contributed by atoms with Gasteiger partial charge in [-0.1, -0.05) is 38.1 Å². The molecule has 0 fully saturated rings. The molecular weight excluding hydrogens is 234 g/mol. The minimum absolute atomic E-state index is 0.519. The maximum Gasteiger partial charge on any atom is 0.122 e. The van der Waals surface area contributed by atoms with Crippen LogP contribution in [-0.2, 0) is 6.42 Å². The Labute approximate surface area is 115 Å². The maximum absolute atomic E-state index is 5.83. The fraction of sp³-hybridized carbons (Fsp3) is 0.294. The summed E-state index contributed by atoms with van der Waals surface area (Å²) in [4.78, 5) is 0. The molecule has 0 saturated carbocycles. The van der Waals surface area contributed by atoms with E-state index in [2.05, 4.69) is 38.1 Å². The molecule has 2 aromatic rings. The molecule has 2 N–H and O–H groups in total. The Bertz CT molecular complexity index is 561. The van der Waals surface area contributed by atoms with Crippen LogP contribution >= 0.6 is 0 Å². The van der Waals surface area contributed by atoms with Crippen molar-refractivity contribution in [1.82, 2.24) is 0 Å². The van der Waals surface area contributed by atoms with Gasteiger partial charge in [-0.2, -0.15) is 0 Å². The number of nitrogen functional groups attached to an aromatic ring is 1. The van der Waals surface area contributed by atoms with E-state index in [9.17, 15) is 0 Å². The second-order valence-corrected chi connectivity index (χ2v) is 5.15. The standard InChI is InChI=1S/C17H21NO/c1-12(2)14-7-8-17(19-3)15(11-14)9-13-5-4-6-16(18)10-13/h4-8,10-12H,9,18H2,1-3H3. The Morgan fingerprint density at radius 2 is 1.89 bits per heavy atom. The molecule has 0 aromatic heterocycles. The van der Waals surface area contributed by atoms with E-state index in [0.29, 0.717) is 5.92 Å². The van der Waals surface area contributed by atoms with Crippen LogP contribution in [0.5, 0.6) is 5.75 Å². The van der Waals surface area contributed by atoms with Gasteiger partial charge < -0.3 is 10.5 Å². The predicted molar refractivity (Wildman–Crippen MR) is 80.7 cm³/mol. The van der Waals surface area contributed by atoms with Crippen LogP contribution in [-0.4, -0.2) is 7.11 Å². The molecule has 2 aromatic carbocycles. The van der Waals surface area contributed by atoms with Gasteiger partial charge in [0, 0.05) is 12.1 Å². The lowest BCUT2D eigenvalue weighted by Gasteiger charge is -2.13. The van der Waals surface area contributed by atoms with Gasteiger partial charge in [-0.3, -0.25) is 0 Å². The Hall–Kier alpha value is -1.96. The van der Waals surface area contributed by atoms with E-state index >= 15 is 0 Å². The van der Waals surface area contributed by atoms with Crippen molar-refractivity contribution in [3.05, 3.63) is 59.2 Å². The molecule has 0 spiro atoms. The molecule has 0 saturated heterocycles. The van der Waals surface area contributed by atoms with E-state index in [4.69, 9.17) is 10.5 Å². The maximum atomic E-state index is 5.83. The lowest BCUT2D eigenvalue weighted by molar-refractivity contribution is 0.410. The average Bonchev–Trinajstić information content (AvgIpc) is 2.38. The van der Waals surface area contributed by atoms with Crippen molar-refractivity contribution in [2.45, 2.75) is 26.2 Å². The molecule has 0 amide bonds. The topological polar surface area (TPSA) is 35.2 Å². The molecule has 0 aliphatic carbocycles. The molecule has 0 radical (unpaired) electrons. The van der Waals surface area contributed by atoms with Gasteiger partial charge in [0.25, 0.3) is 0 Å². The Kier molecular flexibility index (Phi) is 4.10. The highest BCUT2D eigenvalue weighted by molar-refractivity contribution is 5.45. The zero-order chi connectivity index (χ0) is 13.8. The number of hydrogen-bond donors (Lipinski definition) is 1. The van der Waals surface area contributed by atoms with E-state index in [1.54, 1.807) is 7.11 Å². The van der Waals surface area contributed by atoms with Crippen LogP contribution in [0.4, 0.5) is 5.69 Å². The van der Waals surface area contributed by atoms with Crippen molar-refractivity contribution in [1.29, 1.82) is 0 Å². The third kappa shape index (κ3) is 3.28. The summed E-state index contributed by atoms with van der Waals surface area (Å²) in [5.74, 6) is 1.46. The lowest BCUT2D eigenvalue weighted by atomic mass is 9.96. The number of anilines is 1. The Balaban J connectivity index is 2.34. The fourth-order valence-electron chi connectivity index (χ4n) is 2.22. The Morgan fingerprint density at radius 3 is 2.53 bits per heavy atom. The number of ether oxygens (including phenoxy) is 1. The summed E-state index contributed by atoms with van der Waals surface area (Å²) >= 11 is 0. The highest BCUT2D eigenvalue weighted by atomic mass is 16.5. The number of rotatable bonds is 4. The number of hydrogen-bond acceptors (Lipinski definition) is 2. The van der Waals surface area contributed by atoms with Gasteiger partial charge in [0.1, 0.15) is 5.75 Å². The summed E-state index contributed by atoms with van der Waals surface area (Å²) < 4.78 is 5.45. The lowest BCUT2D eigenvalue weighted by Crippen LogP contribution is -1.97. The Morgan fingerprint density at radius 1 is 1.11 bits per heavy atom. The van der Waals surface area contributed by atoms with Crippen molar-refractivity contribution in [2.75, 3.05) is 12.8 Å². The summed E-state index contributed by atoms with van der Waals surface area (Å²) in [5.41, 5.74) is 10.4. The van der Waals surface area contributed by atoms with Gasteiger partial charge in [0.05, 0.1) is 7.11 Å². The van der Waals surface area contributed by atoms with Gasteiger partial charge in [-0.15, -0.1) is 0 Å². The van der Waals surface area contributed by atoms with Crippen molar-refractivity contribution in [3.63, 3.8) is 0 Å². The summed E-state index contributed by atoms with van der Waals surface area (Å²) in [6.45, 7) is 4.40.